The van der Waals surface area contributed by atoms with Gasteiger partial charge in [-0.3, -0.25) is 4.90 Å². The molecule has 1 aliphatic heterocycles. The molecule has 0 atom stereocenters. The van der Waals surface area contributed by atoms with Crippen LogP contribution in [0.2, 0.25) is 0 Å². The zero-order valence-corrected chi connectivity index (χ0v) is 10.9. The summed E-state index contributed by atoms with van der Waals surface area (Å²) in [5.74, 6) is 0. The van der Waals surface area contributed by atoms with Crippen LogP contribution in [0.4, 0.5) is 5.69 Å². The molecule has 1 aromatic carbocycles. The van der Waals surface area contributed by atoms with Crippen LogP contribution in [0.3, 0.4) is 0 Å². The maximum atomic E-state index is 3.60. The Hall–Kier alpha value is -1.06. The number of nitrogens with zero attached hydrogens (tertiary/aromatic N) is 1. The van der Waals surface area contributed by atoms with Crippen molar-refractivity contribution < 1.29 is 0 Å². The molecule has 0 amide bonds. The van der Waals surface area contributed by atoms with E-state index in [1.165, 1.54) is 16.8 Å². The van der Waals surface area contributed by atoms with Crippen LogP contribution in [0.1, 0.15) is 18.1 Å². The van der Waals surface area contributed by atoms with Crippen molar-refractivity contribution in [2.45, 2.75) is 20.3 Å². The predicted molar refractivity (Wildman–Crippen MR) is 73.5 cm³/mol. The van der Waals surface area contributed by atoms with E-state index in [4.69, 9.17) is 0 Å². The molecule has 3 nitrogen and oxygen atoms in total. The van der Waals surface area contributed by atoms with E-state index in [1.54, 1.807) is 0 Å². The second-order valence-corrected chi connectivity index (χ2v) is 4.67. The average Bonchev–Trinajstić information content (AvgIpc) is 2.38. The van der Waals surface area contributed by atoms with Crippen LogP contribution >= 0.6 is 0 Å². The molecule has 1 aromatic rings. The van der Waals surface area contributed by atoms with Gasteiger partial charge in [0.15, 0.2) is 0 Å². The standard InChI is InChI=1S/C14H23N3/c1-3-13-6-4-5-12(2)14(13)16-11-17-9-7-15-8-10-17/h4-6,15-16H,3,7-11H2,1-2H3. The quantitative estimate of drug-likeness (QED) is 0.831. The van der Waals surface area contributed by atoms with Gasteiger partial charge in [-0.25, -0.2) is 0 Å². The number of benzene rings is 1. The molecule has 2 N–H and O–H groups in total. The van der Waals surface area contributed by atoms with Crippen molar-refractivity contribution in [3.63, 3.8) is 0 Å². The van der Waals surface area contributed by atoms with E-state index in [2.05, 4.69) is 47.6 Å². The van der Waals surface area contributed by atoms with Crippen molar-refractivity contribution in [2.24, 2.45) is 0 Å². The third-order valence-corrected chi connectivity index (χ3v) is 3.43. The molecule has 0 aromatic heterocycles. The zero-order chi connectivity index (χ0) is 12.1. The van der Waals surface area contributed by atoms with Crippen molar-refractivity contribution in [1.29, 1.82) is 0 Å². The maximum Gasteiger partial charge on any atom is 0.0679 e. The lowest BCUT2D eigenvalue weighted by Crippen LogP contribution is -2.45. The van der Waals surface area contributed by atoms with E-state index in [0.29, 0.717) is 0 Å². The fourth-order valence-electron chi connectivity index (χ4n) is 2.34. The Balaban J connectivity index is 1.97. The minimum absolute atomic E-state index is 0.958. The summed E-state index contributed by atoms with van der Waals surface area (Å²) in [6.45, 7) is 9.84. The number of piperazine rings is 1. The first-order valence-corrected chi connectivity index (χ1v) is 6.56. The van der Waals surface area contributed by atoms with Gasteiger partial charge in [-0.2, -0.15) is 0 Å². The van der Waals surface area contributed by atoms with Gasteiger partial charge in [-0.15, -0.1) is 0 Å². The third-order valence-electron chi connectivity index (χ3n) is 3.43. The summed E-state index contributed by atoms with van der Waals surface area (Å²) in [6, 6.07) is 6.54. The van der Waals surface area contributed by atoms with Crippen LogP contribution in [0.25, 0.3) is 0 Å². The summed E-state index contributed by atoms with van der Waals surface area (Å²) in [5.41, 5.74) is 4.09. The van der Waals surface area contributed by atoms with E-state index < -0.39 is 0 Å². The highest BCUT2D eigenvalue weighted by molar-refractivity contribution is 5.57. The molecule has 2 rings (SSSR count). The van der Waals surface area contributed by atoms with E-state index >= 15 is 0 Å². The number of hydrogen-bond acceptors (Lipinski definition) is 3. The molecular formula is C14H23N3. The number of anilines is 1. The molecule has 0 unspecified atom stereocenters. The first kappa shape index (κ1) is 12.4. The van der Waals surface area contributed by atoms with E-state index in [1.807, 2.05) is 0 Å². The van der Waals surface area contributed by atoms with Crippen molar-refractivity contribution in [3.05, 3.63) is 29.3 Å². The van der Waals surface area contributed by atoms with Gasteiger partial charge in [0, 0.05) is 31.9 Å². The highest BCUT2D eigenvalue weighted by Crippen LogP contribution is 2.20. The molecule has 3 heteroatoms. The highest BCUT2D eigenvalue weighted by Gasteiger charge is 2.10. The minimum Gasteiger partial charge on any atom is -0.372 e. The van der Waals surface area contributed by atoms with E-state index in [-0.39, 0.29) is 0 Å². The van der Waals surface area contributed by atoms with Crippen LogP contribution in [-0.2, 0) is 6.42 Å². The van der Waals surface area contributed by atoms with Gasteiger partial charge in [0.2, 0.25) is 0 Å². The van der Waals surface area contributed by atoms with Crippen LogP contribution in [0, 0.1) is 6.92 Å². The molecule has 0 radical (unpaired) electrons. The molecule has 0 spiro atoms. The molecule has 17 heavy (non-hydrogen) atoms. The van der Waals surface area contributed by atoms with Gasteiger partial charge >= 0.3 is 0 Å². The molecular weight excluding hydrogens is 210 g/mol. The fraction of sp³-hybridized carbons (Fsp3) is 0.571. The molecule has 1 heterocycles. The number of hydrogen-bond donors (Lipinski definition) is 2. The highest BCUT2D eigenvalue weighted by atomic mass is 15.3. The fourth-order valence-corrected chi connectivity index (χ4v) is 2.34. The summed E-state index contributed by atoms with van der Waals surface area (Å²) in [6.07, 6.45) is 1.09. The molecule has 0 bridgehead atoms. The number of nitrogens with one attached hydrogen (secondary N) is 2. The lowest BCUT2D eigenvalue weighted by molar-refractivity contribution is 0.256. The van der Waals surface area contributed by atoms with Gasteiger partial charge in [-0.05, 0) is 24.5 Å². The van der Waals surface area contributed by atoms with Crippen LogP contribution < -0.4 is 10.6 Å². The predicted octanol–water partition coefficient (Wildman–Crippen LogP) is 1.83. The van der Waals surface area contributed by atoms with Gasteiger partial charge in [0.1, 0.15) is 0 Å². The summed E-state index contributed by atoms with van der Waals surface area (Å²) in [7, 11) is 0. The zero-order valence-electron chi connectivity index (χ0n) is 10.9. The number of rotatable bonds is 4. The Labute approximate surface area is 104 Å². The molecule has 0 saturated carbocycles. The van der Waals surface area contributed by atoms with Crippen molar-refractivity contribution in [2.75, 3.05) is 38.2 Å². The summed E-state index contributed by atoms with van der Waals surface area (Å²) >= 11 is 0. The van der Waals surface area contributed by atoms with Gasteiger partial charge in [-0.1, -0.05) is 25.1 Å². The lowest BCUT2D eigenvalue weighted by atomic mass is 10.1. The monoisotopic (exact) mass is 233 g/mol. The second-order valence-electron chi connectivity index (χ2n) is 4.67. The van der Waals surface area contributed by atoms with Crippen LogP contribution in [-0.4, -0.2) is 37.7 Å². The summed E-state index contributed by atoms with van der Waals surface area (Å²) < 4.78 is 0. The van der Waals surface area contributed by atoms with Crippen molar-refractivity contribution in [3.8, 4) is 0 Å². The average molecular weight is 233 g/mol. The minimum atomic E-state index is 0.958. The Bertz CT molecular complexity index is 356. The molecule has 1 saturated heterocycles. The van der Waals surface area contributed by atoms with Crippen LogP contribution in [0.5, 0.6) is 0 Å². The van der Waals surface area contributed by atoms with E-state index in [0.717, 1.165) is 39.3 Å². The summed E-state index contributed by atoms with van der Waals surface area (Å²) in [5, 5.41) is 6.98. The SMILES string of the molecule is CCc1cccc(C)c1NCN1CCNCC1. The third kappa shape index (κ3) is 3.20. The smallest absolute Gasteiger partial charge is 0.0679 e. The Morgan fingerprint density at radius 2 is 2.06 bits per heavy atom. The number of aryl methyl sites for hydroxylation is 2. The number of para-hydroxylation sites is 1. The maximum absolute atomic E-state index is 3.60. The Kier molecular flexibility index (Phi) is 4.40. The first-order chi connectivity index (χ1) is 8.31. The van der Waals surface area contributed by atoms with Crippen molar-refractivity contribution in [1.82, 2.24) is 10.2 Å². The normalized spacial score (nSPS) is 17.1. The lowest BCUT2D eigenvalue weighted by Gasteiger charge is -2.28. The molecule has 94 valence electrons. The van der Waals surface area contributed by atoms with Gasteiger partial charge in [0.25, 0.3) is 0 Å². The molecule has 1 aliphatic rings. The van der Waals surface area contributed by atoms with E-state index in [9.17, 15) is 0 Å². The van der Waals surface area contributed by atoms with Crippen molar-refractivity contribution >= 4 is 5.69 Å². The van der Waals surface area contributed by atoms with Crippen LogP contribution in [0.15, 0.2) is 18.2 Å². The Morgan fingerprint density at radius 3 is 2.76 bits per heavy atom. The molecule has 1 fully saturated rings. The van der Waals surface area contributed by atoms with Gasteiger partial charge in [0.05, 0.1) is 6.67 Å². The Morgan fingerprint density at radius 1 is 1.29 bits per heavy atom. The topological polar surface area (TPSA) is 27.3 Å². The first-order valence-electron chi connectivity index (χ1n) is 6.56. The summed E-state index contributed by atoms with van der Waals surface area (Å²) in [4.78, 5) is 2.46. The van der Waals surface area contributed by atoms with Gasteiger partial charge < -0.3 is 10.6 Å². The largest absolute Gasteiger partial charge is 0.372 e. The second kappa shape index (κ2) is 6.03. The molecule has 0 aliphatic carbocycles.